The number of ether oxygens (including phenoxy) is 1. The topological polar surface area (TPSA) is 83.9 Å². The van der Waals surface area contributed by atoms with Crippen LogP contribution in [0.5, 0.6) is 0 Å². The van der Waals surface area contributed by atoms with Gasteiger partial charge in [-0.25, -0.2) is 12.7 Å². The van der Waals surface area contributed by atoms with Crippen LogP contribution in [0.25, 0.3) is 0 Å². The predicted molar refractivity (Wildman–Crippen MR) is 69.3 cm³/mol. The Morgan fingerprint density at radius 3 is 2.26 bits per heavy atom. The maximum atomic E-state index is 12.3. The van der Waals surface area contributed by atoms with Crippen molar-refractivity contribution in [3.63, 3.8) is 0 Å². The molecule has 0 unspecified atom stereocenters. The molecule has 0 bridgehead atoms. The molecule has 0 atom stereocenters. The van der Waals surface area contributed by atoms with E-state index in [0.29, 0.717) is 39.1 Å². The third kappa shape index (κ3) is 3.90. The second-order valence-electron chi connectivity index (χ2n) is 5.35. The van der Waals surface area contributed by atoms with Crippen LogP contribution < -0.4 is 0 Å². The second kappa shape index (κ2) is 6.19. The minimum Gasteiger partial charge on any atom is -0.481 e. The van der Waals surface area contributed by atoms with Crippen LogP contribution in [0, 0.1) is 11.8 Å². The number of piperidine rings is 1. The lowest BCUT2D eigenvalue weighted by molar-refractivity contribution is -0.142. The number of carboxylic acid groups (broad SMARTS) is 1. The highest BCUT2D eigenvalue weighted by atomic mass is 32.2. The summed E-state index contributed by atoms with van der Waals surface area (Å²) in [6, 6.07) is 0. The predicted octanol–water partition coefficient (Wildman–Crippen LogP) is 0.539. The molecule has 2 aliphatic heterocycles. The number of sulfonamides is 1. The molecule has 0 saturated carbocycles. The summed E-state index contributed by atoms with van der Waals surface area (Å²) in [5.41, 5.74) is 0. The molecule has 0 aromatic rings. The van der Waals surface area contributed by atoms with Gasteiger partial charge in [-0.15, -0.1) is 0 Å². The number of nitrogens with zero attached hydrogens (tertiary/aromatic N) is 1. The monoisotopic (exact) mass is 291 g/mol. The lowest BCUT2D eigenvalue weighted by Gasteiger charge is -2.31. The molecule has 1 N–H and O–H groups in total. The Bertz CT molecular complexity index is 408. The molecule has 0 spiro atoms. The zero-order valence-corrected chi connectivity index (χ0v) is 11.8. The lowest BCUT2D eigenvalue weighted by atomic mass is 9.99. The highest BCUT2D eigenvalue weighted by Gasteiger charge is 2.32. The van der Waals surface area contributed by atoms with Crippen molar-refractivity contribution >= 4 is 16.0 Å². The molecule has 19 heavy (non-hydrogen) atoms. The molecule has 2 heterocycles. The normalized spacial score (nSPS) is 24.4. The molecule has 6 nitrogen and oxygen atoms in total. The molecule has 0 radical (unpaired) electrons. The summed E-state index contributed by atoms with van der Waals surface area (Å²) in [5.74, 6) is -0.861. The van der Waals surface area contributed by atoms with Crippen molar-refractivity contribution < 1.29 is 23.1 Å². The standard InChI is InChI=1S/C12H21NO5S/c14-12(15)11-1-5-13(6-2-11)19(16,17)9-10-3-7-18-8-4-10/h10-11H,1-9H2,(H,14,15). The van der Waals surface area contributed by atoms with Crippen molar-refractivity contribution in [1.29, 1.82) is 0 Å². The number of aliphatic carboxylic acids is 1. The van der Waals surface area contributed by atoms with E-state index in [9.17, 15) is 13.2 Å². The van der Waals surface area contributed by atoms with E-state index in [1.54, 1.807) is 0 Å². The summed E-state index contributed by atoms with van der Waals surface area (Å²) in [4.78, 5) is 10.8. The van der Waals surface area contributed by atoms with Crippen LogP contribution in [0.1, 0.15) is 25.7 Å². The van der Waals surface area contributed by atoms with Crippen LogP contribution >= 0.6 is 0 Å². The zero-order chi connectivity index (χ0) is 13.9. The van der Waals surface area contributed by atoms with Crippen LogP contribution in [0.15, 0.2) is 0 Å². The van der Waals surface area contributed by atoms with Crippen molar-refractivity contribution in [3.05, 3.63) is 0 Å². The van der Waals surface area contributed by atoms with Gasteiger partial charge in [-0.2, -0.15) is 0 Å². The van der Waals surface area contributed by atoms with Gasteiger partial charge in [0.2, 0.25) is 10.0 Å². The lowest BCUT2D eigenvalue weighted by Crippen LogP contribution is -2.42. The Balaban J connectivity index is 1.88. The average Bonchev–Trinajstić information content (AvgIpc) is 2.39. The van der Waals surface area contributed by atoms with Gasteiger partial charge in [-0.3, -0.25) is 4.79 Å². The molecule has 7 heteroatoms. The molecule has 110 valence electrons. The Labute approximate surface area is 113 Å². The summed E-state index contributed by atoms with van der Waals surface area (Å²) in [6.07, 6.45) is 2.43. The Morgan fingerprint density at radius 1 is 1.16 bits per heavy atom. The number of rotatable bonds is 4. The molecule has 0 aromatic carbocycles. The highest BCUT2D eigenvalue weighted by molar-refractivity contribution is 7.89. The zero-order valence-electron chi connectivity index (χ0n) is 11.0. The smallest absolute Gasteiger partial charge is 0.306 e. The summed E-state index contributed by atoms with van der Waals surface area (Å²) in [6.45, 7) is 1.95. The van der Waals surface area contributed by atoms with Crippen molar-refractivity contribution in [1.82, 2.24) is 4.31 Å². The molecule has 0 aliphatic carbocycles. The maximum Gasteiger partial charge on any atom is 0.306 e. The molecular weight excluding hydrogens is 270 g/mol. The fourth-order valence-electron chi connectivity index (χ4n) is 2.70. The van der Waals surface area contributed by atoms with Crippen LogP contribution in [0.2, 0.25) is 0 Å². The minimum atomic E-state index is -3.25. The fourth-order valence-corrected chi connectivity index (χ4v) is 4.60. The Kier molecular flexibility index (Phi) is 4.81. The maximum absolute atomic E-state index is 12.3. The van der Waals surface area contributed by atoms with Gasteiger partial charge >= 0.3 is 5.97 Å². The van der Waals surface area contributed by atoms with Crippen LogP contribution in [-0.2, 0) is 19.6 Å². The van der Waals surface area contributed by atoms with E-state index >= 15 is 0 Å². The first-order chi connectivity index (χ1) is 8.99. The first kappa shape index (κ1) is 14.7. The van der Waals surface area contributed by atoms with E-state index in [0.717, 1.165) is 12.8 Å². The molecule has 2 aliphatic rings. The molecule has 0 amide bonds. The minimum absolute atomic E-state index is 0.175. The molecule has 2 fully saturated rings. The number of hydrogen-bond acceptors (Lipinski definition) is 4. The van der Waals surface area contributed by atoms with E-state index in [2.05, 4.69) is 0 Å². The van der Waals surface area contributed by atoms with Gasteiger partial charge in [0.05, 0.1) is 11.7 Å². The second-order valence-corrected chi connectivity index (χ2v) is 7.36. The molecule has 2 rings (SSSR count). The van der Waals surface area contributed by atoms with E-state index in [1.165, 1.54) is 4.31 Å². The Hall–Kier alpha value is -0.660. The van der Waals surface area contributed by atoms with Gasteiger partial charge in [0.1, 0.15) is 0 Å². The first-order valence-corrected chi connectivity index (χ1v) is 8.38. The third-order valence-corrected chi connectivity index (χ3v) is 6.03. The third-order valence-electron chi connectivity index (χ3n) is 3.98. The largest absolute Gasteiger partial charge is 0.481 e. The van der Waals surface area contributed by atoms with Crippen molar-refractivity contribution in [3.8, 4) is 0 Å². The SMILES string of the molecule is O=C(O)C1CCN(S(=O)(=O)CC2CCOCC2)CC1. The number of carbonyl (C=O) groups is 1. The van der Waals surface area contributed by atoms with Gasteiger partial charge < -0.3 is 9.84 Å². The van der Waals surface area contributed by atoms with Gasteiger partial charge in [-0.1, -0.05) is 0 Å². The fraction of sp³-hybridized carbons (Fsp3) is 0.917. The number of carboxylic acids is 1. The first-order valence-electron chi connectivity index (χ1n) is 6.77. The molecule has 2 saturated heterocycles. The summed E-state index contributed by atoms with van der Waals surface area (Å²) < 4.78 is 31.2. The van der Waals surface area contributed by atoms with Gasteiger partial charge in [-0.05, 0) is 31.6 Å². The molecular formula is C12H21NO5S. The van der Waals surface area contributed by atoms with Gasteiger partial charge in [0.25, 0.3) is 0 Å². The summed E-state index contributed by atoms with van der Waals surface area (Å²) >= 11 is 0. The van der Waals surface area contributed by atoms with E-state index in [4.69, 9.17) is 9.84 Å². The Morgan fingerprint density at radius 2 is 1.74 bits per heavy atom. The van der Waals surface area contributed by atoms with E-state index in [-0.39, 0.29) is 11.7 Å². The quantitative estimate of drug-likeness (QED) is 0.817. The van der Waals surface area contributed by atoms with Crippen LogP contribution in [0.3, 0.4) is 0 Å². The highest BCUT2D eigenvalue weighted by Crippen LogP contribution is 2.23. The average molecular weight is 291 g/mol. The summed E-state index contributed by atoms with van der Waals surface area (Å²) in [7, 11) is -3.25. The van der Waals surface area contributed by atoms with Gasteiger partial charge in [0, 0.05) is 26.3 Å². The van der Waals surface area contributed by atoms with E-state index in [1.807, 2.05) is 0 Å². The van der Waals surface area contributed by atoms with E-state index < -0.39 is 21.9 Å². The summed E-state index contributed by atoms with van der Waals surface area (Å²) in [5, 5.41) is 8.91. The molecule has 0 aromatic heterocycles. The van der Waals surface area contributed by atoms with Crippen molar-refractivity contribution in [2.24, 2.45) is 11.8 Å². The van der Waals surface area contributed by atoms with Crippen molar-refractivity contribution in [2.45, 2.75) is 25.7 Å². The van der Waals surface area contributed by atoms with Crippen molar-refractivity contribution in [2.75, 3.05) is 32.1 Å². The van der Waals surface area contributed by atoms with Crippen LogP contribution in [0.4, 0.5) is 0 Å². The number of hydrogen-bond donors (Lipinski definition) is 1. The van der Waals surface area contributed by atoms with Gasteiger partial charge in [0.15, 0.2) is 0 Å². The van der Waals surface area contributed by atoms with Crippen LogP contribution in [-0.4, -0.2) is 55.9 Å².